The van der Waals surface area contributed by atoms with E-state index in [2.05, 4.69) is 58.6 Å². The molecule has 60 heavy (non-hydrogen) atoms. The number of ketones is 1. The van der Waals surface area contributed by atoms with Gasteiger partial charge >= 0.3 is 11.9 Å². The molecule has 2 aromatic rings. The van der Waals surface area contributed by atoms with Gasteiger partial charge in [-0.3, -0.25) is 14.5 Å². The number of benzene rings is 2. The molecule has 2 saturated carbocycles. The average molecular weight is 862 g/mol. The van der Waals surface area contributed by atoms with Crippen molar-refractivity contribution in [2.45, 2.75) is 173 Å². The van der Waals surface area contributed by atoms with Crippen LogP contribution in [0.15, 0.2) is 71.8 Å². The van der Waals surface area contributed by atoms with E-state index < -0.39 is 87.0 Å². The third-order valence-electron chi connectivity index (χ3n) is 16.2. The molecule has 3 fully saturated rings. The van der Waals surface area contributed by atoms with Crippen molar-refractivity contribution >= 4 is 34.4 Å². The van der Waals surface area contributed by atoms with E-state index in [1.807, 2.05) is 52.0 Å². The van der Waals surface area contributed by atoms with E-state index in [0.717, 1.165) is 41.8 Å². The molecule has 0 unspecified atom stereocenters. The Morgan fingerprint density at radius 2 is 1.37 bits per heavy atom. The number of esters is 2. The van der Waals surface area contributed by atoms with Crippen LogP contribution in [0, 0.1) is 16.7 Å². The topological polar surface area (TPSA) is 132 Å². The Kier molecular flexibility index (Phi) is 13.4. The molecule has 2 N–H and O–H groups in total. The van der Waals surface area contributed by atoms with Crippen LogP contribution in [0.4, 0.5) is 0 Å². The second-order valence-electron chi connectivity index (χ2n) is 19.0. The average Bonchev–Trinajstić information content (AvgIpc) is 3.23. The van der Waals surface area contributed by atoms with E-state index in [4.69, 9.17) is 18.3 Å². The van der Waals surface area contributed by atoms with Crippen LogP contribution in [0.3, 0.4) is 0 Å². The largest absolute Gasteiger partial charge is 0.456 e. The molecule has 10 nitrogen and oxygen atoms in total. The fraction of sp³-hybridized carbons (Fsp3) is 0.646. The molecule has 0 amide bonds. The van der Waals surface area contributed by atoms with Gasteiger partial charge in [0.05, 0.1) is 35.1 Å². The number of hydrogen-bond acceptors (Lipinski definition) is 10. The highest BCUT2D eigenvalue weighted by Crippen LogP contribution is 2.66. The monoisotopic (exact) mass is 861 g/mol. The summed E-state index contributed by atoms with van der Waals surface area (Å²) in [7, 11) is -5.09. The highest BCUT2D eigenvalue weighted by Gasteiger charge is 2.79. The van der Waals surface area contributed by atoms with E-state index in [0.29, 0.717) is 24.1 Å². The van der Waals surface area contributed by atoms with Crippen molar-refractivity contribution in [3.8, 4) is 0 Å². The zero-order valence-electron chi connectivity index (χ0n) is 38.0. The molecule has 0 aromatic heterocycles. The maximum Gasteiger partial charge on any atom is 0.338 e. The van der Waals surface area contributed by atoms with Gasteiger partial charge in [0.15, 0.2) is 22.4 Å². The normalized spacial score (nSPS) is 32.9. The lowest BCUT2D eigenvalue weighted by Gasteiger charge is -2.71. The third-order valence-corrected chi connectivity index (χ3v) is 25.4. The second kappa shape index (κ2) is 17.3. The van der Waals surface area contributed by atoms with Gasteiger partial charge < -0.3 is 28.5 Å². The van der Waals surface area contributed by atoms with Crippen molar-refractivity contribution in [3.63, 3.8) is 0 Å². The van der Waals surface area contributed by atoms with Crippen LogP contribution in [0.25, 0.3) is 0 Å². The Bertz CT molecular complexity index is 1900. The van der Waals surface area contributed by atoms with Crippen LogP contribution in [0.5, 0.6) is 0 Å². The van der Waals surface area contributed by atoms with Gasteiger partial charge in [0.25, 0.3) is 0 Å². The Hall–Kier alpha value is -2.98. The van der Waals surface area contributed by atoms with Crippen LogP contribution >= 0.6 is 0 Å². The molecule has 1 heterocycles. The Labute approximate surface area is 360 Å². The number of rotatable bonds is 15. The Balaban J connectivity index is 1.72. The molecule has 9 atom stereocenters. The number of ether oxygens (including phenoxy) is 2. The Morgan fingerprint density at radius 3 is 1.90 bits per heavy atom. The van der Waals surface area contributed by atoms with E-state index in [9.17, 15) is 19.8 Å². The van der Waals surface area contributed by atoms with Gasteiger partial charge in [0, 0.05) is 31.8 Å². The third kappa shape index (κ3) is 7.43. The molecule has 1 saturated heterocycles. The zero-order valence-corrected chi connectivity index (χ0v) is 40.0. The molecule has 12 heteroatoms. The lowest BCUT2D eigenvalue weighted by Crippen LogP contribution is -2.86. The highest BCUT2D eigenvalue weighted by atomic mass is 28.4. The SMILES string of the molecule is CC[Si](CC)(CC)O[C@H]1C(=O)[C@]2(C)[C@@H](O[Si](CC)(CC)CC)C[C@H]3N(Cc4ccccc4)C[C@@]3(OC(C)=O)[C@H]2[C@H](OC(=O)c2ccccc2)[C@]2(O)C[C@H](O)C(C)=C1C2(C)C. The fourth-order valence-corrected chi connectivity index (χ4v) is 17.6. The van der Waals surface area contributed by atoms with Gasteiger partial charge in [0.2, 0.25) is 0 Å². The lowest BCUT2D eigenvalue weighted by atomic mass is 9.43. The van der Waals surface area contributed by atoms with Crippen molar-refractivity contribution < 1.29 is 42.9 Å². The standard InChI is InChI=1S/C48H71NO9Si2/c1-12-59(13-2,14-3)57-38-28-37-47(56-33(8)50,31-49(37)30-34-24-20-18-21-25-34)41-43(55-44(53)35-26-22-19-23-27-35)48(54)29-36(51)32(7)39(45(48,9)10)40(42(52)46(38,41)11)58-60(15-4,16-5)17-6/h18-27,36-38,40-41,43,51,54H,12-17,28-31H2,1-11H3/t36-,37+,38-,40+,41-,43-,46+,47-,48+/m0/s1. The number of nitrogens with zero attached hydrogens (tertiary/aromatic N) is 1. The molecule has 2 bridgehead atoms. The molecule has 6 rings (SSSR count). The molecule has 4 aliphatic rings. The second-order valence-corrected chi connectivity index (χ2v) is 28.4. The van der Waals surface area contributed by atoms with Gasteiger partial charge in [-0.25, -0.2) is 4.79 Å². The first-order valence-corrected chi connectivity index (χ1v) is 27.6. The summed E-state index contributed by atoms with van der Waals surface area (Å²) < 4.78 is 28.6. The van der Waals surface area contributed by atoms with E-state index in [-0.39, 0.29) is 24.3 Å². The summed E-state index contributed by atoms with van der Waals surface area (Å²) in [6.07, 6.45) is -4.26. The summed E-state index contributed by atoms with van der Waals surface area (Å²) in [6, 6.07) is 23.1. The Morgan fingerprint density at radius 1 is 0.833 bits per heavy atom. The maximum absolute atomic E-state index is 16.7. The van der Waals surface area contributed by atoms with Crippen LogP contribution in [0.1, 0.15) is 105 Å². The minimum atomic E-state index is -2.59. The summed E-state index contributed by atoms with van der Waals surface area (Å²) >= 11 is 0. The fourth-order valence-electron chi connectivity index (χ4n) is 11.9. The molecule has 2 aromatic carbocycles. The van der Waals surface area contributed by atoms with E-state index in [1.165, 1.54) is 6.92 Å². The molecular weight excluding hydrogens is 791 g/mol. The number of aliphatic hydroxyl groups excluding tert-OH is 1. The quantitative estimate of drug-likeness (QED) is 0.102. The highest BCUT2D eigenvalue weighted by molar-refractivity contribution is 6.74. The van der Waals surface area contributed by atoms with Gasteiger partial charge in [-0.2, -0.15) is 0 Å². The van der Waals surface area contributed by atoms with Crippen molar-refractivity contribution in [1.82, 2.24) is 4.90 Å². The van der Waals surface area contributed by atoms with Crippen LogP contribution in [0.2, 0.25) is 36.3 Å². The minimum absolute atomic E-state index is 0.175. The van der Waals surface area contributed by atoms with Crippen LogP contribution < -0.4 is 0 Å². The van der Waals surface area contributed by atoms with Gasteiger partial charge in [-0.05, 0) is 85.4 Å². The summed E-state index contributed by atoms with van der Waals surface area (Å²) in [6.45, 7) is 22.6. The van der Waals surface area contributed by atoms with E-state index in [1.54, 1.807) is 24.3 Å². The molecular formula is C48H71NO9Si2. The van der Waals surface area contributed by atoms with Crippen LogP contribution in [-0.2, 0) is 34.5 Å². The number of fused-ring (bicyclic) bond motifs is 5. The summed E-state index contributed by atoms with van der Waals surface area (Å²) in [5, 5.41) is 26.1. The summed E-state index contributed by atoms with van der Waals surface area (Å²) in [5.74, 6) is -2.55. The van der Waals surface area contributed by atoms with Crippen molar-refractivity contribution in [3.05, 3.63) is 82.9 Å². The van der Waals surface area contributed by atoms with Crippen molar-refractivity contribution in [2.24, 2.45) is 16.7 Å². The first-order chi connectivity index (χ1) is 28.3. The summed E-state index contributed by atoms with van der Waals surface area (Å²) in [5.41, 5.74) is -3.67. The molecule has 3 aliphatic carbocycles. The molecule has 0 spiro atoms. The number of carbonyl (C=O) groups is 3. The number of hydrogen-bond donors (Lipinski definition) is 2. The van der Waals surface area contributed by atoms with Gasteiger partial charge in [-0.1, -0.05) is 104 Å². The maximum atomic E-state index is 16.7. The molecule has 330 valence electrons. The lowest BCUT2D eigenvalue weighted by molar-refractivity contribution is -0.308. The predicted molar refractivity (Wildman–Crippen MR) is 238 cm³/mol. The summed E-state index contributed by atoms with van der Waals surface area (Å²) in [4.78, 5) is 47.3. The van der Waals surface area contributed by atoms with Gasteiger partial charge in [-0.15, -0.1) is 0 Å². The first kappa shape index (κ1) is 46.5. The number of aliphatic hydroxyl groups is 2. The number of carbonyl (C=O) groups excluding carboxylic acids is 3. The zero-order chi connectivity index (χ0) is 44.1. The van der Waals surface area contributed by atoms with Crippen LogP contribution in [-0.4, -0.2) is 97.7 Å². The molecule has 1 aliphatic heterocycles. The van der Waals surface area contributed by atoms with Crippen molar-refractivity contribution in [2.75, 3.05) is 6.54 Å². The molecule has 0 radical (unpaired) electrons. The first-order valence-electron chi connectivity index (χ1n) is 22.6. The van der Waals surface area contributed by atoms with Crippen molar-refractivity contribution in [1.29, 1.82) is 0 Å². The number of likely N-dealkylation sites (tertiary alicyclic amines) is 1. The predicted octanol–water partition coefficient (Wildman–Crippen LogP) is 8.63. The van der Waals surface area contributed by atoms with E-state index >= 15 is 4.79 Å². The van der Waals surface area contributed by atoms with Gasteiger partial charge in [0.1, 0.15) is 23.4 Å². The smallest absolute Gasteiger partial charge is 0.338 e. The minimum Gasteiger partial charge on any atom is -0.456 e. The number of Topliss-reactive ketones (excluding diaryl/α,β-unsaturated/α-hetero) is 1.